The summed E-state index contributed by atoms with van der Waals surface area (Å²) in [5.41, 5.74) is 6.01. The number of benzene rings is 2. The Labute approximate surface area is 177 Å². The predicted octanol–water partition coefficient (Wildman–Crippen LogP) is 2.02. The van der Waals surface area contributed by atoms with Gasteiger partial charge in [-0.15, -0.1) is 0 Å². The summed E-state index contributed by atoms with van der Waals surface area (Å²) in [6.45, 7) is 2.03. The number of likely N-dealkylation sites (N-methyl/N-ethyl adjacent to an activating group) is 1. The predicted molar refractivity (Wildman–Crippen MR) is 116 cm³/mol. The number of nitrogens with zero attached hydrogens (tertiary/aromatic N) is 2. The molecular weight excluding hydrogens is 380 g/mol. The molecule has 2 aromatic carbocycles. The van der Waals surface area contributed by atoms with Crippen LogP contribution in [0.3, 0.4) is 0 Å². The first-order chi connectivity index (χ1) is 14.5. The molecule has 7 heteroatoms. The number of amides is 2. The number of rotatable bonds is 9. The maximum absolute atomic E-state index is 12.3. The van der Waals surface area contributed by atoms with Crippen molar-refractivity contribution in [1.82, 2.24) is 20.7 Å². The van der Waals surface area contributed by atoms with E-state index < -0.39 is 0 Å². The lowest BCUT2D eigenvalue weighted by Gasteiger charge is -2.29. The zero-order chi connectivity index (χ0) is 21.3. The van der Waals surface area contributed by atoms with Crippen LogP contribution in [0.4, 0.5) is 0 Å². The van der Waals surface area contributed by atoms with Crippen LogP contribution in [0, 0.1) is 0 Å². The van der Waals surface area contributed by atoms with Crippen LogP contribution in [-0.2, 0) is 16.1 Å². The number of hydrazine groups is 1. The van der Waals surface area contributed by atoms with E-state index in [-0.39, 0.29) is 24.8 Å². The molecule has 30 heavy (non-hydrogen) atoms. The van der Waals surface area contributed by atoms with Crippen LogP contribution < -0.4 is 15.5 Å². The van der Waals surface area contributed by atoms with Gasteiger partial charge in [-0.3, -0.25) is 15.0 Å². The molecule has 0 unspecified atom stereocenters. The first-order valence-electron chi connectivity index (χ1n) is 9.96. The van der Waals surface area contributed by atoms with E-state index in [0.29, 0.717) is 6.54 Å². The van der Waals surface area contributed by atoms with Gasteiger partial charge in [0.25, 0.3) is 0 Å². The molecule has 0 aliphatic carbocycles. The molecule has 0 radical (unpaired) electrons. The monoisotopic (exact) mass is 408 g/mol. The lowest BCUT2D eigenvalue weighted by molar-refractivity contribution is -0.137. The fraction of sp³-hybridized carbons (Fsp3) is 0.304. The summed E-state index contributed by atoms with van der Waals surface area (Å²) in [4.78, 5) is 26.7. The Hall–Kier alpha value is -3.32. The van der Waals surface area contributed by atoms with Crippen molar-refractivity contribution >= 4 is 17.5 Å². The summed E-state index contributed by atoms with van der Waals surface area (Å²) < 4.78 is 5.17. The second-order valence-corrected chi connectivity index (χ2v) is 7.22. The fourth-order valence-corrected chi connectivity index (χ4v) is 3.19. The average molecular weight is 409 g/mol. The average Bonchev–Trinajstić information content (AvgIpc) is 2.76. The highest BCUT2D eigenvalue weighted by Crippen LogP contribution is 2.20. The molecule has 2 aromatic rings. The summed E-state index contributed by atoms with van der Waals surface area (Å²) in [7, 11) is 3.63. The van der Waals surface area contributed by atoms with Gasteiger partial charge in [0.1, 0.15) is 12.3 Å². The number of hydrogen-bond donors (Lipinski definition) is 2. The molecule has 0 atom stereocenters. The number of carbonyl (C=O) groups excluding carboxylic acids is 2. The van der Waals surface area contributed by atoms with Crippen LogP contribution >= 0.6 is 0 Å². The molecule has 2 N–H and O–H groups in total. The van der Waals surface area contributed by atoms with Gasteiger partial charge in [-0.2, -0.15) is 0 Å². The summed E-state index contributed by atoms with van der Waals surface area (Å²) in [6.07, 6.45) is 2.08. The fourth-order valence-electron chi connectivity index (χ4n) is 3.19. The second-order valence-electron chi connectivity index (χ2n) is 7.22. The molecule has 0 fully saturated rings. The number of nitrogens with one attached hydrogen (secondary N) is 2. The van der Waals surface area contributed by atoms with Crippen LogP contribution in [0.2, 0.25) is 0 Å². The van der Waals surface area contributed by atoms with Gasteiger partial charge in [-0.05, 0) is 48.5 Å². The van der Waals surface area contributed by atoms with Crippen LogP contribution in [0.15, 0.2) is 60.7 Å². The molecule has 0 saturated carbocycles. The van der Waals surface area contributed by atoms with E-state index in [1.807, 2.05) is 55.6 Å². The highest BCUT2D eigenvalue weighted by Gasteiger charge is 2.22. The van der Waals surface area contributed by atoms with Gasteiger partial charge in [0.15, 0.2) is 0 Å². The first kappa shape index (κ1) is 21.4. The van der Waals surface area contributed by atoms with Crippen LogP contribution in [0.5, 0.6) is 5.75 Å². The minimum Gasteiger partial charge on any atom is -0.497 e. The Bertz CT molecular complexity index is 881. The SMILES string of the molecule is COc1ccc(C2=CCC(=O)N(CC(=O)NCCN(C)Cc3ccccc3)N2)cc1. The summed E-state index contributed by atoms with van der Waals surface area (Å²) in [5, 5.41) is 4.25. The van der Waals surface area contributed by atoms with E-state index >= 15 is 0 Å². The summed E-state index contributed by atoms with van der Waals surface area (Å²) in [5.74, 6) is 0.434. The first-order valence-corrected chi connectivity index (χ1v) is 9.96. The minimum absolute atomic E-state index is 0.0330. The summed E-state index contributed by atoms with van der Waals surface area (Å²) in [6, 6.07) is 17.7. The van der Waals surface area contributed by atoms with Crippen molar-refractivity contribution in [2.75, 3.05) is 33.8 Å². The topological polar surface area (TPSA) is 73.9 Å². The molecule has 0 spiro atoms. The minimum atomic E-state index is -0.194. The van der Waals surface area contributed by atoms with Crippen LogP contribution in [0.25, 0.3) is 5.70 Å². The van der Waals surface area contributed by atoms with Crippen molar-refractivity contribution in [2.45, 2.75) is 13.0 Å². The Morgan fingerprint density at radius 2 is 1.90 bits per heavy atom. The Balaban J connectivity index is 1.45. The van der Waals surface area contributed by atoms with E-state index in [4.69, 9.17) is 4.74 Å². The molecular formula is C23H28N4O3. The third-order valence-corrected chi connectivity index (χ3v) is 4.85. The lowest BCUT2D eigenvalue weighted by atomic mass is 10.1. The van der Waals surface area contributed by atoms with Gasteiger partial charge in [0, 0.05) is 26.1 Å². The van der Waals surface area contributed by atoms with Crippen molar-refractivity contribution in [3.63, 3.8) is 0 Å². The van der Waals surface area contributed by atoms with Crippen molar-refractivity contribution in [2.24, 2.45) is 0 Å². The molecule has 0 aromatic heterocycles. The maximum atomic E-state index is 12.3. The highest BCUT2D eigenvalue weighted by molar-refractivity contribution is 5.88. The van der Waals surface area contributed by atoms with E-state index in [1.54, 1.807) is 7.11 Å². The highest BCUT2D eigenvalue weighted by atomic mass is 16.5. The number of carbonyl (C=O) groups is 2. The molecule has 0 bridgehead atoms. The third kappa shape index (κ3) is 6.09. The molecule has 2 amide bonds. The number of methoxy groups -OCH3 is 1. The van der Waals surface area contributed by atoms with E-state index in [9.17, 15) is 9.59 Å². The van der Waals surface area contributed by atoms with Crippen molar-refractivity contribution < 1.29 is 14.3 Å². The Kier molecular flexibility index (Phi) is 7.45. The van der Waals surface area contributed by atoms with Gasteiger partial charge in [0.2, 0.25) is 11.8 Å². The molecule has 3 rings (SSSR count). The number of ether oxygens (including phenoxy) is 1. The molecule has 0 saturated heterocycles. The molecule has 158 valence electrons. The van der Waals surface area contributed by atoms with Gasteiger partial charge in [-0.25, -0.2) is 5.01 Å². The van der Waals surface area contributed by atoms with Crippen molar-refractivity contribution in [3.05, 3.63) is 71.8 Å². The molecule has 1 heterocycles. The van der Waals surface area contributed by atoms with Gasteiger partial charge in [-0.1, -0.05) is 30.3 Å². The van der Waals surface area contributed by atoms with Crippen LogP contribution in [0.1, 0.15) is 17.5 Å². The van der Waals surface area contributed by atoms with Crippen molar-refractivity contribution in [3.8, 4) is 5.75 Å². The standard InChI is InChI=1S/C23H28N4O3/c1-26(16-18-6-4-3-5-7-18)15-14-24-22(28)17-27-23(29)13-12-21(25-27)19-8-10-20(30-2)11-9-19/h3-12,25H,13-17H2,1-2H3,(H,24,28). The van der Waals surface area contributed by atoms with E-state index in [2.05, 4.69) is 27.8 Å². The number of hydrogen-bond acceptors (Lipinski definition) is 5. The largest absolute Gasteiger partial charge is 0.497 e. The molecule has 1 aliphatic rings. The van der Waals surface area contributed by atoms with Crippen molar-refractivity contribution in [1.29, 1.82) is 0 Å². The third-order valence-electron chi connectivity index (χ3n) is 4.85. The van der Waals surface area contributed by atoms with E-state index in [0.717, 1.165) is 30.1 Å². The summed E-state index contributed by atoms with van der Waals surface area (Å²) >= 11 is 0. The maximum Gasteiger partial charge on any atom is 0.245 e. The Morgan fingerprint density at radius 3 is 2.60 bits per heavy atom. The second kappa shape index (κ2) is 10.5. The van der Waals surface area contributed by atoms with Crippen LogP contribution in [-0.4, -0.2) is 55.5 Å². The zero-order valence-corrected chi connectivity index (χ0v) is 17.4. The van der Waals surface area contributed by atoms with Gasteiger partial charge in [0.05, 0.1) is 12.8 Å². The smallest absolute Gasteiger partial charge is 0.245 e. The lowest BCUT2D eigenvalue weighted by Crippen LogP contribution is -2.49. The van der Waals surface area contributed by atoms with Gasteiger partial charge >= 0.3 is 0 Å². The normalized spacial score (nSPS) is 13.6. The molecule has 7 nitrogen and oxygen atoms in total. The quantitative estimate of drug-likeness (QED) is 0.664. The van der Waals surface area contributed by atoms with Gasteiger partial charge < -0.3 is 15.0 Å². The zero-order valence-electron chi connectivity index (χ0n) is 17.4. The molecule has 1 aliphatic heterocycles. The Morgan fingerprint density at radius 1 is 1.17 bits per heavy atom. The van der Waals surface area contributed by atoms with E-state index in [1.165, 1.54) is 10.6 Å².